The molecule has 1 saturated heterocycles. The summed E-state index contributed by atoms with van der Waals surface area (Å²) in [7, 11) is 0. The fourth-order valence-electron chi connectivity index (χ4n) is 2.80. The Labute approximate surface area is 74.9 Å². The van der Waals surface area contributed by atoms with Gasteiger partial charge in [-0.2, -0.15) is 0 Å². The number of hydrogen-bond donors (Lipinski definition) is 2. The molecule has 70 valence electrons. The van der Waals surface area contributed by atoms with Crippen LogP contribution in [0.15, 0.2) is 0 Å². The summed E-state index contributed by atoms with van der Waals surface area (Å²) in [5.41, 5.74) is 6.05. The minimum Gasteiger partial charge on any atom is -0.326 e. The molecule has 12 heavy (non-hydrogen) atoms. The fraction of sp³-hybridized carbons (Fsp3) is 1.00. The van der Waals surface area contributed by atoms with E-state index in [0.717, 1.165) is 18.4 Å². The van der Waals surface area contributed by atoms with Crippen LogP contribution in [0, 0.1) is 11.8 Å². The second kappa shape index (κ2) is 3.75. The highest BCUT2D eigenvalue weighted by Gasteiger charge is 2.31. The van der Waals surface area contributed by atoms with Gasteiger partial charge in [-0.05, 0) is 18.4 Å². The van der Waals surface area contributed by atoms with Crippen molar-refractivity contribution in [3.8, 4) is 0 Å². The number of hydrogen-bond acceptors (Lipinski definition) is 2. The predicted molar refractivity (Wildman–Crippen MR) is 50.9 cm³/mol. The summed E-state index contributed by atoms with van der Waals surface area (Å²) < 4.78 is 0. The summed E-state index contributed by atoms with van der Waals surface area (Å²) in [6, 6.07) is 0.438. The van der Waals surface area contributed by atoms with Gasteiger partial charge in [0.05, 0.1) is 0 Å². The monoisotopic (exact) mass is 168 g/mol. The second-order valence-corrected chi connectivity index (χ2v) is 4.38. The van der Waals surface area contributed by atoms with Gasteiger partial charge in [-0.1, -0.05) is 32.1 Å². The van der Waals surface area contributed by atoms with Gasteiger partial charge in [-0.25, -0.2) is 0 Å². The summed E-state index contributed by atoms with van der Waals surface area (Å²) in [6.07, 6.45) is 7.19. The minimum absolute atomic E-state index is 0.438. The number of nitrogens with two attached hydrogens (primary N) is 1. The normalized spacial score (nSPS) is 38.8. The maximum atomic E-state index is 6.05. The molecule has 2 heteroatoms. The molecule has 2 unspecified atom stereocenters. The van der Waals surface area contributed by atoms with Gasteiger partial charge >= 0.3 is 0 Å². The average molecular weight is 168 g/mol. The number of rotatable bonds is 1. The van der Waals surface area contributed by atoms with Crippen molar-refractivity contribution in [1.29, 1.82) is 0 Å². The molecule has 0 bridgehead atoms. The van der Waals surface area contributed by atoms with Gasteiger partial charge < -0.3 is 11.1 Å². The Morgan fingerprint density at radius 1 is 1.00 bits per heavy atom. The van der Waals surface area contributed by atoms with Gasteiger partial charge in [0, 0.05) is 12.6 Å². The molecule has 0 aromatic heterocycles. The summed E-state index contributed by atoms with van der Waals surface area (Å²) in [5, 5.41) is 3.39. The van der Waals surface area contributed by atoms with Crippen molar-refractivity contribution < 1.29 is 0 Å². The molecule has 1 saturated carbocycles. The van der Waals surface area contributed by atoms with Crippen LogP contribution in [0.3, 0.4) is 0 Å². The highest BCUT2D eigenvalue weighted by molar-refractivity contribution is 4.89. The maximum Gasteiger partial charge on any atom is 0.0208 e. The molecule has 3 N–H and O–H groups in total. The smallest absolute Gasteiger partial charge is 0.0208 e. The zero-order valence-electron chi connectivity index (χ0n) is 7.76. The van der Waals surface area contributed by atoms with E-state index < -0.39 is 0 Å². The van der Waals surface area contributed by atoms with Gasteiger partial charge in [0.25, 0.3) is 0 Å². The van der Waals surface area contributed by atoms with Crippen molar-refractivity contribution >= 4 is 0 Å². The molecule has 0 radical (unpaired) electrons. The first-order valence-corrected chi connectivity index (χ1v) is 5.34. The Kier molecular flexibility index (Phi) is 2.66. The first kappa shape index (κ1) is 8.52. The van der Waals surface area contributed by atoms with E-state index in [1.165, 1.54) is 38.6 Å². The van der Waals surface area contributed by atoms with E-state index in [1.807, 2.05) is 0 Å². The van der Waals surface area contributed by atoms with E-state index in [-0.39, 0.29) is 0 Å². The van der Waals surface area contributed by atoms with Crippen LogP contribution < -0.4 is 11.1 Å². The molecule has 0 amide bonds. The van der Waals surface area contributed by atoms with Crippen molar-refractivity contribution in [3.63, 3.8) is 0 Å². The zero-order valence-corrected chi connectivity index (χ0v) is 7.76. The number of nitrogens with one attached hydrogen (secondary N) is 1. The lowest BCUT2D eigenvalue weighted by Gasteiger charge is -2.29. The molecule has 2 aliphatic rings. The van der Waals surface area contributed by atoms with Crippen LogP contribution in [0.25, 0.3) is 0 Å². The van der Waals surface area contributed by atoms with Gasteiger partial charge in [-0.3, -0.25) is 0 Å². The van der Waals surface area contributed by atoms with Crippen LogP contribution >= 0.6 is 0 Å². The largest absolute Gasteiger partial charge is 0.326 e. The van der Waals surface area contributed by atoms with Gasteiger partial charge in [0.15, 0.2) is 0 Å². The van der Waals surface area contributed by atoms with Crippen LogP contribution in [-0.2, 0) is 0 Å². The third-order valence-electron chi connectivity index (χ3n) is 3.57. The summed E-state index contributed by atoms with van der Waals surface area (Å²) in [5.74, 6) is 1.72. The van der Waals surface area contributed by atoms with E-state index in [9.17, 15) is 0 Å². The quantitative estimate of drug-likeness (QED) is 0.615. The third kappa shape index (κ3) is 1.64. The van der Waals surface area contributed by atoms with Crippen LogP contribution in [0.4, 0.5) is 0 Å². The highest BCUT2D eigenvalue weighted by atomic mass is 15.0. The minimum atomic E-state index is 0.438. The molecular formula is C10H20N2. The van der Waals surface area contributed by atoms with E-state index >= 15 is 0 Å². The first-order chi connectivity index (χ1) is 5.88. The summed E-state index contributed by atoms with van der Waals surface area (Å²) in [6.45, 7) is 2.22. The van der Waals surface area contributed by atoms with Gasteiger partial charge in [0.1, 0.15) is 0 Å². The van der Waals surface area contributed by atoms with Crippen LogP contribution in [-0.4, -0.2) is 19.1 Å². The standard InChI is InChI=1S/C10H20N2/c11-10-7-12-6-9(10)8-4-2-1-3-5-8/h8-10,12H,1-7,11H2. The van der Waals surface area contributed by atoms with E-state index in [4.69, 9.17) is 5.73 Å². The first-order valence-electron chi connectivity index (χ1n) is 5.34. The van der Waals surface area contributed by atoms with Crippen molar-refractivity contribution in [3.05, 3.63) is 0 Å². The van der Waals surface area contributed by atoms with Crippen LogP contribution in [0.2, 0.25) is 0 Å². The lowest BCUT2D eigenvalue weighted by Crippen LogP contribution is -2.34. The van der Waals surface area contributed by atoms with Crippen molar-refractivity contribution in [2.45, 2.75) is 38.1 Å². The van der Waals surface area contributed by atoms with Crippen LogP contribution in [0.1, 0.15) is 32.1 Å². The van der Waals surface area contributed by atoms with Gasteiger partial charge in [-0.15, -0.1) is 0 Å². The highest BCUT2D eigenvalue weighted by Crippen LogP contribution is 2.32. The van der Waals surface area contributed by atoms with E-state index in [0.29, 0.717) is 6.04 Å². The molecule has 2 atom stereocenters. The summed E-state index contributed by atoms with van der Waals surface area (Å²) >= 11 is 0. The topological polar surface area (TPSA) is 38.0 Å². The molecule has 0 aromatic carbocycles. The third-order valence-corrected chi connectivity index (χ3v) is 3.57. The lowest BCUT2D eigenvalue weighted by molar-refractivity contribution is 0.247. The second-order valence-electron chi connectivity index (χ2n) is 4.38. The van der Waals surface area contributed by atoms with Crippen LogP contribution in [0.5, 0.6) is 0 Å². The average Bonchev–Trinajstić information content (AvgIpc) is 2.53. The van der Waals surface area contributed by atoms with Crippen molar-refractivity contribution in [1.82, 2.24) is 5.32 Å². The molecule has 2 nitrogen and oxygen atoms in total. The zero-order chi connectivity index (χ0) is 8.39. The molecule has 0 spiro atoms. The predicted octanol–water partition coefficient (Wildman–Crippen LogP) is 1.11. The molecule has 2 fully saturated rings. The molecule has 1 heterocycles. The van der Waals surface area contributed by atoms with Gasteiger partial charge in [0.2, 0.25) is 0 Å². The Morgan fingerprint density at radius 2 is 1.75 bits per heavy atom. The molecule has 1 aliphatic heterocycles. The molecule has 1 aliphatic carbocycles. The van der Waals surface area contributed by atoms with E-state index in [1.54, 1.807) is 0 Å². The Hall–Kier alpha value is -0.0800. The fourth-order valence-corrected chi connectivity index (χ4v) is 2.80. The Balaban J connectivity index is 1.89. The molecular weight excluding hydrogens is 148 g/mol. The lowest BCUT2D eigenvalue weighted by atomic mass is 9.78. The Morgan fingerprint density at radius 3 is 2.33 bits per heavy atom. The molecule has 0 aromatic rings. The maximum absolute atomic E-state index is 6.05. The van der Waals surface area contributed by atoms with Crippen molar-refractivity contribution in [2.75, 3.05) is 13.1 Å². The molecule has 2 rings (SSSR count). The Bertz CT molecular complexity index is 141. The summed E-state index contributed by atoms with van der Waals surface area (Å²) in [4.78, 5) is 0. The van der Waals surface area contributed by atoms with E-state index in [2.05, 4.69) is 5.32 Å². The SMILES string of the molecule is NC1CNCC1C1CCCCC1. The van der Waals surface area contributed by atoms with Crippen molar-refractivity contribution in [2.24, 2.45) is 17.6 Å².